The highest BCUT2D eigenvalue weighted by Gasteiger charge is 2.36. The van der Waals surface area contributed by atoms with Gasteiger partial charge in [-0.3, -0.25) is 4.79 Å². The molecule has 0 N–H and O–H groups in total. The number of hydrogen-bond acceptors (Lipinski definition) is 2. The molecule has 92 valence electrons. The van der Waals surface area contributed by atoms with Gasteiger partial charge in [-0.15, -0.1) is 0 Å². The van der Waals surface area contributed by atoms with Crippen molar-refractivity contribution >= 4 is 5.91 Å². The van der Waals surface area contributed by atoms with E-state index in [2.05, 4.69) is 4.90 Å². The van der Waals surface area contributed by atoms with Crippen LogP contribution in [0, 0.1) is 5.92 Å². The van der Waals surface area contributed by atoms with E-state index < -0.39 is 0 Å². The Balaban J connectivity index is 1.79. The van der Waals surface area contributed by atoms with Crippen LogP contribution in [-0.2, 0) is 9.53 Å². The van der Waals surface area contributed by atoms with Crippen LogP contribution in [0.4, 0.5) is 0 Å². The van der Waals surface area contributed by atoms with Crippen LogP contribution >= 0.6 is 0 Å². The topological polar surface area (TPSA) is 29.5 Å². The molecule has 0 aromatic rings. The third kappa shape index (κ3) is 3.78. The van der Waals surface area contributed by atoms with Gasteiger partial charge in [0.15, 0.2) is 0 Å². The summed E-state index contributed by atoms with van der Waals surface area (Å²) in [5.41, 5.74) is -0.218. The van der Waals surface area contributed by atoms with Gasteiger partial charge in [0.25, 0.3) is 0 Å². The normalized spacial score (nSPS) is 20.9. The third-order valence-electron chi connectivity index (χ3n) is 3.09. The number of rotatable bonds is 5. The predicted molar refractivity (Wildman–Crippen MR) is 63.2 cm³/mol. The van der Waals surface area contributed by atoms with Crippen molar-refractivity contribution < 1.29 is 9.53 Å². The molecule has 0 aliphatic heterocycles. The molecule has 1 amide bonds. The summed E-state index contributed by atoms with van der Waals surface area (Å²) in [6.07, 6.45) is 4.98. The lowest BCUT2D eigenvalue weighted by Gasteiger charge is -2.25. The first-order valence-electron chi connectivity index (χ1n) is 6.39. The Bertz CT molecular complexity index is 262. The average Bonchev–Trinajstić information content (AvgIpc) is 2.97. The summed E-state index contributed by atoms with van der Waals surface area (Å²) >= 11 is 0. The fourth-order valence-electron chi connectivity index (χ4n) is 1.78. The lowest BCUT2D eigenvalue weighted by molar-refractivity contribution is -0.141. The lowest BCUT2D eigenvalue weighted by atomic mass is 10.2. The van der Waals surface area contributed by atoms with E-state index in [9.17, 15) is 4.79 Å². The van der Waals surface area contributed by atoms with Gasteiger partial charge in [0, 0.05) is 12.6 Å². The van der Waals surface area contributed by atoms with Crippen molar-refractivity contribution in [2.75, 3.05) is 13.2 Å². The number of nitrogens with zero attached hydrogens (tertiary/aromatic N) is 1. The molecular weight excluding hydrogens is 202 g/mol. The molecule has 0 saturated heterocycles. The van der Waals surface area contributed by atoms with Crippen LogP contribution in [0.2, 0.25) is 0 Å². The molecule has 2 rings (SSSR count). The van der Waals surface area contributed by atoms with Crippen molar-refractivity contribution in [3.63, 3.8) is 0 Å². The summed E-state index contributed by atoms with van der Waals surface area (Å²) in [7, 11) is 0. The summed E-state index contributed by atoms with van der Waals surface area (Å²) in [6, 6.07) is 0.525. The van der Waals surface area contributed by atoms with Crippen LogP contribution in [0.1, 0.15) is 46.5 Å². The molecule has 0 aromatic carbocycles. The monoisotopic (exact) mass is 225 g/mol. The minimum Gasteiger partial charge on any atom is -0.366 e. The van der Waals surface area contributed by atoms with Crippen molar-refractivity contribution in [3.8, 4) is 0 Å². The minimum absolute atomic E-state index is 0.185. The zero-order chi connectivity index (χ0) is 11.8. The highest BCUT2D eigenvalue weighted by molar-refractivity contribution is 5.78. The second-order valence-electron chi connectivity index (χ2n) is 6.12. The predicted octanol–water partition coefficient (Wildman–Crippen LogP) is 2.20. The molecule has 0 atom stereocenters. The van der Waals surface area contributed by atoms with E-state index in [0.29, 0.717) is 6.04 Å². The molecule has 0 bridgehead atoms. The molecule has 0 heterocycles. The van der Waals surface area contributed by atoms with Gasteiger partial charge in [-0.2, -0.15) is 0 Å². The van der Waals surface area contributed by atoms with Gasteiger partial charge in [0.2, 0.25) is 5.91 Å². The van der Waals surface area contributed by atoms with E-state index in [-0.39, 0.29) is 18.1 Å². The first-order chi connectivity index (χ1) is 7.46. The fourth-order valence-corrected chi connectivity index (χ4v) is 1.78. The molecule has 2 aliphatic rings. The second-order valence-corrected chi connectivity index (χ2v) is 6.12. The summed E-state index contributed by atoms with van der Waals surface area (Å²) in [5, 5.41) is 0. The van der Waals surface area contributed by atoms with Gasteiger partial charge in [-0.05, 0) is 52.4 Å². The first-order valence-corrected chi connectivity index (χ1v) is 6.39. The van der Waals surface area contributed by atoms with Crippen LogP contribution < -0.4 is 0 Å². The Labute approximate surface area is 98.1 Å². The molecule has 0 spiro atoms. The Morgan fingerprint density at radius 2 is 1.88 bits per heavy atom. The minimum atomic E-state index is -0.218. The molecule has 3 heteroatoms. The quantitative estimate of drug-likeness (QED) is 0.718. The van der Waals surface area contributed by atoms with Crippen LogP contribution in [-0.4, -0.2) is 35.6 Å². The van der Waals surface area contributed by atoms with E-state index in [1.54, 1.807) is 0 Å². The van der Waals surface area contributed by atoms with Gasteiger partial charge in [-0.1, -0.05) is 0 Å². The maximum Gasteiger partial charge on any atom is 0.248 e. The van der Waals surface area contributed by atoms with Crippen molar-refractivity contribution in [2.45, 2.75) is 58.1 Å². The lowest BCUT2D eigenvalue weighted by Crippen LogP contribution is -2.39. The zero-order valence-corrected chi connectivity index (χ0v) is 10.7. The zero-order valence-electron chi connectivity index (χ0n) is 10.7. The van der Waals surface area contributed by atoms with Crippen LogP contribution in [0.5, 0.6) is 0 Å². The van der Waals surface area contributed by atoms with E-state index in [1.807, 2.05) is 20.8 Å². The highest BCUT2D eigenvalue weighted by atomic mass is 16.5. The Kier molecular flexibility index (Phi) is 3.24. The van der Waals surface area contributed by atoms with E-state index >= 15 is 0 Å². The fraction of sp³-hybridized carbons (Fsp3) is 0.923. The van der Waals surface area contributed by atoms with Gasteiger partial charge in [-0.25, -0.2) is 0 Å². The number of carbonyl (C=O) groups is 1. The molecule has 0 radical (unpaired) electrons. The standard InChI is InChI=1S/C13H23NO2/c1-13(2,3)16-9-12(15)14(11-6-7-11)8-10-4-5-10/h10-11H,4-9H2,1-3H3. The van der Waals surface area contributed by atoms with E-state index in [0.717, 1.165) is 12.5 Å². The van der Waals surface area contributed by atoms with E-state index in [4.69, 9.17) is 4.74 Å². The molecule has 16 heavy (non-hydrogen) atoms. The Hall–Kier alpha value is -0.570. The summed E-state index contributed by atoms with van der Waals surface area (Å²) < 4.78 is 5.56. The largest absolute Gasteiger partial charge is 0.366 e. The van der Waals surface area contributed by atoms with E-state index in [1.165, 1.54) is 25.7 Å². The van der Waals surface area contributed by atoms with Crippen molar-refractivity contribution in [2.24, 2.45) is 5.92 Å². The molecule has 3 nitrogen and oxygen atoms in total. The Morgan fingerprint density at radius 1 is 1.25 bits per heavy atom. The van der Waals surface area contributed by atoms with Crippen LogP contribution in [0.15, 0.2) is 0 Å². The van der Waals surface area contributed by atoms with Crippen molar-refractivity contribution in [3.05, 3.63) is 0 Å². The molecule has 2 fully saturated rings. The SMILES string of the molecule is CC(C)(C)OCC(=O)N(CC1CC1)C1CC1. The molecular formula is C13H23NO2. The Morgan fingerprint density at radius 3 is 2.31 bits per heavy atom. The molecule has 0 aromatic heterocycles. The molecule has 2 aliphatic carbocycles. The number of ether oxygens (including phenoxy) is 1. The highest BCUT2D eigenvalue weighted by Crippen LogP contribution is 2.34. The summed E-state index contributed by atoms with van der Waals surface area (Å²) in [4.78, 5) is 14.1. The summed E-state index contributed by atoms with van der Waals surface area (Å²) in [5.74, 6) is 0.962. The smallest absolute Gasteiger partial charge is 0.248 e. The van der Waals surface area contributed by atoms with Crippen LogP contribution in [0.3, 0.4) is 0 Å². The number of hydrogen-bond donors (Lipinski definition) is 0. The summed E-state index contributed by atoms with van der Waals surface area (Å²) in [6.45, 7) is 7.18. The van der Waals surface area contributed by atoms with Gasteiger partial charge in [0.05, 0.1) is 5.60 Å². The number of carbonyl (C=O) groups excluding carboxylic acids is 1. The average molecular weight is 225 g/mol. The van der Waals surface area contributed by atoms with Gasteiger partial charge < -0.3 is 9.64 Å². The molecule has 2 saturated carbocycles. The first kappa shape index (κ1) is 11.9. The van der Waals surface area contributed by atoms with Crippen molar-refractivity contribution in [1.29, 1.82) is 0 Å². The van der Waals surface area contributed by atoms with Gasteiger partial charge in [0.1, 0.15) is 6.61 Å². The van der Waals surface area contributed by atoms with Crippen molar-refractivity contribution in [1.82, 2.24) is 4.90 Å². The third-order valence-corrected chi connectivity index (χ3v) is 3.09. The maximum atomic E-state index is 12.0. The molecule has 0 unspecified atom stereocenters. The number of amides is 1. The maximum absolute atomic E-state index is 12.0. The second kappa shape index (κ2) is 4.36. The van der Waals surface area contributed by atoms with Crippen LogP contribution in [0.25, 0.3) is 0 Å². The van der Waals surface area contributed by atoms with Gasteiger partial charge >= 0.3 is 0 Å².